The van der Waals surface area contributed by atoms with Crippen LogP contribution in [0.15, 0.2) is 170 Å². The lowest BCUT2D eigenvalue weighted by Crippen LogP contribution is -1.93. The summed E-state index contributed by atoms with van der Waals surface area (Å²) in [7, 11) is 0. The molecule has 0 radical (unpaired) electrons. The van der Waals surface area contributed by atoms with Crippen LogP contribution in [0.1, 0.15) is 0 Å². The Labute approximate surface area is 267 Å². The summed E-state index contributed by atoms with van der Waals surface area (Å²) in [4.78, 5) is 9.29. The molecular weight excluding hydrogens is 556 g/mol. The molecule has 0 atom stereocenters. The Morgan fingerprint density at radius 3 is 1.22 bits per heavy atom. The number of fused-ring (bicyclic) bond motifs is 4. The lowest BCUT2D eigenvalue weighted by Gasteiger charge is -2.20. The third kappa shape index (κ3) is 4.27. The summed E-state index contributed by atoms with van der Waals surface area (Å²) in [6, 6.07) is 56.8. The molecule has 0 N–H and O–H groups in total. The zero-order chi connectivity index (χ0) is 30.5. The first-order valence-corrected chi connectivity index (χ1v) is 15.7. The van der Waals surface area contributed by atoms with Crippen molar-refractivity contribution in [2.75, 3.05) is 0 Å². The molecule has 0 spiro atoms. The molecule has 0 aliphatic rings. The maximum Gasteiger partial charge on any atom is 0.0708 e. The van der Waals surface area contributed by atoms with Crippen molar-refractivity contribution in [2.24, 2.45) is 0 Å². The lowest BCUT2D eigenvalue weighted by molar-refractivity contribution is 1.41. The van der Waals surface area contributed by atoms with E-state index in [1.807, 2.05) is 24.5 Å². The first-order valence-electron chi connectivity index (χ1n) is 15.7. The van der Waals surface area contributed by atoms with Crippen molar-refractivity contribution in [3.63, 3.8) is 0 Å². The molecule has 0 aliphatic carbocycles. The molecular formula is C44H28N2. The fourth-order valence-corrected chi connectivity index (χ4v) is 7.11. The molecule has 0 saturated heterocycles. The van der Waals surface area contributed by atoms with Gasteiger partial charge in [0.1, 0.15) is 0 Å². The number of aromatic nitrogens is 2. The van der Waals surface area contributed by atoms with Gasteiger partial charge in [-0.25, -0.2) is 0 Å². The van der Waals surface area contributed by atoms with Gasteiger partial charge in [-0.2, -0.15) is 0 Å². The van der Waals surface area contributed by atoms with Crippen LogP contribution in [-0.4, -0.2) is 9.97 Å². The Bertz CT molecular complexity index is 2420. The average molecular weight is 585 g/mol. The van der Waals surface area contributed by atoms with Crippen LogP contribution in [0.25, 0.3) is 87.9 Å². The van der Waals surface area contributed by atoms with Gasteiger partial charge >= 0.3 is 0 Å². The Kier molecular flexibility index (Phi) is 6.17. The third-order valence-electron chi connectivity index (χ3n) is 9.15. The summed E-state index contributed by atoms with van der Waals surface area (Å²) in [5.74, 6) is 0. The molecule has 2 nitrogen and oxygen atoms in total. The predicted molar refractivity (Wildman–Crippen MR) is 194 cm³/mol. The van der Waals surface area contributed by atoms with Crippen LogP contribution in [-0.2, 0) is 0 Å². The highest BCUT2D eigenvalue weighted by atomic mass is 14.6. The largest absolute Gasteiger partial charge is 0.256 e. The summed E-state index contributed by atoms with van der Waals surface area (Å²) >= 11 is 0. The average Bonchev–Trinajstić information content (AvgIpc) is 3.13. The van der Waals surface area contributed by atoms with E-state index in [-0.39, 0.29) is 0 Å². The fraction of sp³-hybridized carbons (Fsp3) is 0. The molecule has 9 rings (SSSR count). The topological polar surface area (TPSA) is 25.8 Å². The second-order valence-electron chi connectivity index (χ2n) is 11.8. The molecule has 0 unspecified atom stereocenters. The van der Waals surface area contributed by atoms with Crippen molar-refractivity contribution in [2.45, 2.75) is 0 Å². The van der Waals surface area contributed by atoms with Crippen LogP contribution < -0.4 is 0 Å². The minimum Gasteiger partial charge on any atom is -0.256 e. The first kappa shape index (κ1) is 26.3. The summed E-state index contributed by atoms with van der Waals surface area (Å²) in [6.07, 6.45) is 3.73. The number of hydrogen-bond acceptors (Lipinski definition) is 2. The lowest BCUT2D eigenvalue weighted by atomic mass is 9.83. The van der Waals surface area contributed by atoms with E-state index in [9.17, 15) is 0 Å². The van der Waals surface area contributed by atoms with Crippen LogP contribution in [0.3, 0.4) is 0 Å². The Hall–Kier alpha value is -6.12. The van der Waals surface area contributed by atoms with Gasteiger partial charge in [-0.1, -0.05) is 121 Å². The molecule has 2 aromatic heterocycles. The van der Waals surface area contributed by atoms with Gasteiger partial charge in [-0.05, 0) is 102 Å². The van der Waals surface area contributed by atoms with Crippen molar-refractivity contribution in [3.8, 4) is 44.5 Å². The summed E-state index contributed by atoms with van der Waals surface area (Å²) < 4.78 is 0. The van der Waals surface area contributed by atoms with Crippen molar-refractivity contribution in [3.05, 3.63) is 170 Å². The zero-order valence-corrected chi connectivity index (χ0v) is 25.1. The van der Waals surface area contributed by atoms with Crippen LogP contribution in [0, 0.1) is 0 Å². The smallest absolute Gasteiger partial charge is 0.0708 e. The van der Waals surface area contributed by atoms with E-state index in [4.69, 9.17) is 0 Å². The van der Waals surface area contributed by atoms with E-state index in [0.29, 0.717) is 0 Å². The van der Waals surface area contributed by atoms with Crippen molar-refractivity contribution < 1.29 is 0 Å². The van der Waals surface area contributed by atoms with E-state index < -0.39 is 0 Å². The van der Waals surface area contributed by atoms with Gasteiger partial charge in [-0.15, -0.1) is 0 Å². The van der Waals surface area contributed by atoms with Crippen molar-refractivity contribution >= 4 is 43.4 Å². The number of pyridine rings is 2. The molecule has 7 aromatic carbocycles. The number of nitrogens with zero attached hydrogens (tertiary/aromatic N) is 2. The SMILES string of the molecule is c1ccc(-c2c3ccc(-c4cccc5ncccc45)cc3c(-c3ccccc3)c3cc(-c4cccc5ncccc45)ccc23)cc1. The zero-order valence-electron chi connectivity index (χ0n) is 25.1. The molecule has 0 fully saturated rings. The highest BCUT2D eigenvalue weighted by molar-refractivity contribution is 6.23. The molecule has 2 heteroatoms. The van der Waals surface area contributed by atoms with Crippen molar-refractivity contribution in [1.29, 1.82) is 0 Å². The number of rotatable bonds is 4. The monoisotopic (exact) mass is 584 g/mol. The highest BCUT2D eigenvalue weighted by Crippen LogP contribution is 2.46. The molecule has 0 amide bonds. The van der Waals surface area contributed by atoms with Gasteiger partial charge in [0.2, 0.25) is 0 Å². The minimum absolute atomic E-state index is 1.00. The number of benzene rings is 7. The molecule has 9 aromatic rings. The quantitative estimate of drug-likeness (QED) is 0.192. The van der Waals surface area contributed by atoms with Crippen molar-refractivity contribution in [1.82, 2.24) is 9.97 Å². The molecule has 46 heavy (non-hydrogen) atoms. The van der Waals surface area contributed by atoms with E-state index in [1.165, 1.54) is 66.1 Å². The maximum absolute atomic E-state index is 4.65. The minimum atomic E-state index is 1.00. The maximum atomic E-state index is 4.65. The second-order valence-corrected chi connectivity index (χ2v) is 11.8. The normalized spacial score (nSPS) is 11.5. The fourth-order valence-electron chi connectivity index (χ4n) is 7.11. The van der Waals surface area contributed by atoms with Gasteiger partial charge in [-0.3, -0.25) is 9.97 Å². The van der Waals surface area contributed by atoms with Gasteiger partial charge in [0.15, 0.2) is 0 Å². The van der Waals surface area contributed by atoms with E-state index in [2.05, 4.69) is 156 Å². The molecule has 0 bridgehead atoms. The van der Waals surface area contributed by atoms with Gasteiger partial charge in [0.25, 0.3) is 0 Å². The molecule has 2 heterocycles. The van der Waals surface area contributed by atoms with E-state index in [0.717, 1.165) is 21.8 Å². The summed E-state index contributed by atoms with van der Waals surface area (Å²) in [6.45, 7) is 0. The van der Waals surface area contributed by atoms with E-state index >= 15 is 0 Å². The van der Waals surface area contributed by atoms with Gasteiger partial charge in [0.05, 0.1) is 11.0 Å². The number of hydrogen-bond donors (Lipinski definition) is 0. The Balaban J connectivity index is 1.43. The molecule has 0 aliphatic heterocycles. The molecule has 214 valence electrons. The van der Waals surface area contributed by atoms with Crippen LogP contribution in [0.4, 0.5) is 0 Å². The summed E-state index contributed by atoms with van der Waals surface area (Å²) in [5, 5.41) is 7.24. The highest BCUT2D eigenvalue weighted by Gasteiger charge is 2.19. The van der Waals surface area contributed by atoms with E-state index in [1.54, 1.807) is 0 Å². The summed E-state index contributed by atoms with van der Waals surface area (Å²) in [5.41, 5.74) is 11.6. The van der Waals surface area contributed by atoms with Crippen LogP contribution in [0.5, 0.6) is 0 Å². The first-order chi connectivity index (χ1) is 22.8. The third-order valence-corrected chi connectivity index (χ3v) is 9.15. The predicted octanol–water partition coefficient (Wildman–Crippen LogP) is 11.8. The van der Waals surface area contributed by atoms with Crippen LogP contribution in [0.2, 0.25) is 0 Å². The molecule has 0 saturated carbocycles. The standard InChI is InChI=1S/C44H28N2/c1-3-11-29(12-4-1)43-37-23-21-31(33-15-7-19-41-35(33)17-9-25-45-41)27-39(37)44(30-13-5-2-6-14-30)40-28-32(22-24-38(40)43)34-16-8-20-42-36(34)18-10-26-46-42/h1-28H. The Morgan fingerprint density at radius 2 is 0.739 bits per heavy atom. The second kappa shape index (κ2) is 10.8. The van der Waals surface area contributed by atoms with Gasteiger partial charge in [0, 0.05) is 23.2 Å². The van der Waals surface area contributed by atoms with Crippen LogP contribution >= 0.6 is 0 Å². The Morgan fingerprint density at radius 1 is 0.283 bits per heavy atom. The van der Waals surface area contributed by atoms with Gasteiger partial charge < -0.3 is 0 Å².